The molecule has 0 fully saturated rings. The Kier molecular flexibility index (Phi) is 3.86. The van der Waals surface area contributed by atoms with Crippen molar-refractivity contribution in [3.63, 3.8) is 0 Å². The molecule has 0 aliphatic carbocycles. The van der Waals surface area contributed by atoms with Crippen molar-refractivity contribution in [1.29, 1.82) is 0 Å². The van der Waals surface area contributed by atoms with Gasteiger partial charge in [0.15, 0.2) is 0 Å². The van der Waals surface area contributed by atoms with E-state index in [1.807, 2.05) is 0 Å². The zero-order valence-electron chi connectivity index (χ0n) is 9.83. The Hall–Kier alpha value is -1.47. The number of aromatic nitrogens is 1. The molecule has 0 spiro atoms. The molecular weight excluding hydrogens is 280 g/mol. The first-order chi connectivity index (χ1) is 8.93. The number of rotatable bonds is 3. The molecule has 2 nitrogen and oxygen atoms in total. The molecule has 1 atom stereocenters. The number of benzene rings is 1. The number of hydrogen-bond donors (Lipinski definition) is 1. The van der Waals surface area contributed by atoms with Gasteiger partial charge in [-0.15, -0.1) is 11.3 Å². The van der Waals surface area contributed by atoms with E-state index in [2.05, 4.69) is 10.3 Å². The second-order valence-corrected chi connectivity index (χ2v) is 4.78. The second kappa shape index (κ2) is 5.26. The first kappa shape index (κ1) is 14.0. The molecule has 1 unspecified atom stereocenters. The van der Waals surface area contributed by atoms with Crippen molar-refractivity contribution in [2.75, 3.05) is 7.05 Å². The molecular formula is C12H10F4N2S. The molecule has 1 N–H and O–H groups in total. The highest BCUT2D eigenvalue weighted by Gasteiger charge is 2.34. The third-order valence-corrected chi connectivity index (χ3v) is 3.49. The highest BCUT2D eigenvalue weighted by Crippen LogP contribution is 2.34. The fourth-order valence-electron chi connectivity index (χ4n) is 1.78. The summed E-state index contributed by atoms with van der Waals surface area (Å²) in [5, 5.41) is 2.90. The lowest BCUT2D eigenvalue weighted by molar-refractivity contribution is -0.140. The monoisotopic (exact) mass is 290 g/mol. The zero-order valence-corrected chi connectivity index (χ0v) is 10.6. The highest BCUT2D eigenvalue weighted by atomic mass is 32.1. The van der Waals surface area contributed by atoms with E-state index in [9.17, 15) is 17.6 Å². The molecule has 2 aromatic rings. The van der Waals surface area contributed by atoms with Crippen LogP contribution in [-0.2, 0) is 6.18 Å². The normalized spacial score (nSPS) is 13.5. The lowest BCUT2D eigenvalue weighted by Gasteiger charge is -2.17. The van der Waals surface area contributed by atoms with E-state index in [1.165, 1.54) is 17.4 Å². The van der Waals surface area contributed by atoms with Crippen LogP contribution in [0.3, 0.4) is 0 Å². The number of nitrogens with one attached hydrogen (secondary N) is 1. The summed E-state index contributed by atoms with van der Waals surface area (Å²) in [6, 6.07) is 2.57. The summed E-state index contributed by atoms with van der Waals surface area (Å²) >= 11 is 1.32. The van der Waals surface area contributed by atoms with Crippen molar-refractivity contribution < 1.29 is 17.6 Å². The standard InChI is InChI=1S/C12H10F4N2S/c1-17-11(10-5-18-6-19-10)7-2-3-9(13)8(4-7)12(14,15)16/h2-6,11,17H,1H3. The van der Waals surface area contributed by atoms with Crippen LogP contribution in [0, 0.1) is 5.82 Å². The summed E-state index contributed by atoms with van der Waals surface area (Å²) in [6.45, 7) is 0. The van der Waals surface area contributed by atoms with Gasteiger partial charge in [0.1, 0.15) is 5.82 Å². The van der Waals surface area contributed by atoms with E-state index >= 15 is 0 Å². The largest absolute Gasteiger partial charge is 0.419 e. The number of alkyl halides is 3. The number of nitrogens with zero attached hydrogens (tertiary/aromatic N) is 1. The molecule has 0 saturated carbocycles. The van der Waals surface area contributed by atoms with Gasteiger partial charge in [0.05, 0.1) is 17.1 Å². The highest BCUT2D eigenvalue weighted by molar-refractivity contribution is 7.09. The Bertz CT molecular complexity index is 551. The summed E-state index contributed by atoms with van der Waals surface area (Å²) in [5.74, 6) is -1.27. The van der Waals surface area contributed by atoms with Crippen LogP contribution in [0.15, 0.2) is 29.9 Å². The maximum absolute atomic E-state index is 13.2. The number of halogens is 4. The molecule has 0 radical (unpaired) electrons. The minimum atomic E-state index is -4.70. The molecule has 0 amide bonds. The van der Waals surface area contributed by atoms with Gasteiger partial charge in [-0.25, -0.2) is 4.39 Å². The van der Waals surface area contributed by atoms with E-state index < -0.39 is 23.6 Å². The van der Waals surface area contributed by atoms with Crippen molar-refractivity contribution in [2.24, 2.45) is 0 Å². The lowest BCUT2D eigenvalue weighted by atomic mass is 10.0. The molecule has 1 heterocycles. The lowest BCUT2D eigenvalue weighted by Crippen LogP contribution is -2.18. The number of thiazole rings is 1. The second-order valence-electron chi connectivity index (χ2n) is 3.86. The van der Waals surface area contributed by atoms with Gasteiger partial charge in [-0.1, -0.05) is 6.07 Å². The Labute approximate surface area is 111 Å². The maximum Gasteiger partial charge on any atom is 0.419 e. The predicted octanol–water partition coefficient (Wildman–Crippen LogP) is 3.61. The summed E-state index contributed by atoms with van der Waals surface area (Å²) in [5.41, 5.74) is 0.684. The van der Waals surface area contributed by atoms with Gasteiger partial charge in [0.25, 0.3) is 0 Å². The van der Waals surface area contributed by atoms with Crippen LogP contribution in [0.25, 0.3) is 0 Å². The van der Waals surface area contributed by atoms with E-state index in [4.69, 9.17) is 0 Å². The molecule has 7 heteroatoms. The van der Waals surface area contributed by atoms with Crippen LogP contribution in [0.1, 0.15) is 22.0 Å². The molecule has 1 aromatic carbocycles. The Morgan fingerprint density at radius 1 is 1.32 bits per heavy atom. The third-order valence-electron chi connectivity index (χ3n) is 2.65. The van der Waals surface area contributed by atoms with Gasteiger partial charge in [-0.2, -0.15) is 13.2 Å². The molecule has 2 rings (SSSR count). The first-order valence-corrected chi connectivity index (χ1v) is 6.23. The Morgan fingerprint density at radius 3 is 2.58 bits per heavy atom. The summed E-state index contributed by atoms with van der Waals surface area (Å²) in [4.78, 5) is 4.65. The quantitative estimate of drug-likeness (QED) is 0.874. The average molecular weight is 290 g/mol. The Morgan fingerprint density at radius 2 is 2.05 bits per heavy atom. The van der Waals surface area contributed by atoms with Gasteiger partial charge in [0.2, 0.25) is 0 Å². The summed E-state index contributed by atoms with van der Waals surface area (Å²) in [7, 11) is 1.63. The average Bonchev–Trinajstić information content (AvgIpc) is 2.84. The van der Waals surface area contributed by atoms with Gasteiger partial charge in [-0.05, 0) is 24.7 Å². The molecule has 19 heavy (non-hydrogen) atoms. The van der Waals surface area contributed by atoms with Crippen LogP contribution in [-0.4, -0.2) is 12.0 Å². The van der Waals surface area contributed by atoms with Crippen LogP contribution in [0.4, 0.5) is 17.6 Å². The van der Waals surface area contributed by atoms with Crippen molar-refractivity contribution >= 4 is 11.3 Å². The van der Waals surface area contributed by atoms with Crippen LogP contribution >= 0.6 is 11.3 Å². The minimum absolute atomic E-state index is 0.348. The smallest absolute Gasteiger partial charge is 0.309 e. The molecule has 0 saturated heterocycles. The van der Waals surface area contributed by atoms with Gasteiger partial charge < -0.3 is 5.32 Å². The summed E-state index contributed by atoms with van der Waals surface area (Å²) in [6.07, 6.45) is -3.13. The van der Waals surface area contributed by atoms with E-state index in [1.54, 1.807) is 18.8 Å². The van der Waals surface area contributed by atoms with E-state index in [-0.39, 0.29) is 0 Å². The van der Waals surface area contributed by atoms with Crippen molar-refractivity contribution in [2.45, 2.75) is 12.2 Å². The number of hydrogen-bond acceptors (Lipinski definition) is 3. The zero-order chi connectivity index (χ0) is 14.0. The van der Waals surface area contributed by atoms with Crippen LogP contribution < -0.4 is 5.32 Å². The molecule has 0 aliphatic rings. The van der Waals surface area contributed by atoms with E-state index in [0.717, 1.165) is 17.0 Å². The molecule has 102 valence electrons. The third kappa shape index (κ3) is 2.93. The van der Waals surface area contributed by atoms with Crippen molar-refractivity contribution in [3.8, 4) is 0 Å². The Balaban J connectivity index is 2.45. The van der Waals surface area contributed by atoms with Gasteiger partial charge >= 0.3 is 6.18 Å². The molecule has 1 aromatic heterocycles. The summed E-state index contributed by atoms with van der Waals surface area (Å²) < 4.78 is 51.2. The van der Waals surface area contributed by atoms with Crippen molar-refractivity contribution in [3.05, 3.63) is 51.7 Å². The molecule has 0 aliphatic heterocycles. The fraction of sp³-hybridized carbons (Fsp3) is 0.250. The van der Waals surface area contributed by atoms with Gasteiger partial charge in [-0.3, -0.25) is 4.98 Å². The van der Waals surface area contributed by atoms with Crippen LogP contribution in [0.2, 0.25) is 0 Å². The van der Waals surface area contributed by atoms with Crippen LogP contribution in [0.5, 0.6) is 0 Å². The predicted molar refractivity (Wildman–Crippen MR) is 64.4 cm³/mol. The topological polar surface area (TPSA) is 24.9 Å². The maximum atomic E-state index is 13.2. The van der Waals surface area contributed by atoms with Crippen molar-refractivity contribution in [1.82, 2.24) is 10.3 Å². The minimum Gasteiger partial charge on any atom is -0.309 e. The van der Waals surface area contributed by atoms with Gasteiger partial charge in [0, 0.05) is 11.1 Å². The SMILES string of the molecule is CNC(c1ccc(F)c(C(F)(F)F)c1)c1cncs1. The van der Waals surface area contributed by atoms with E-state index in [0.29, 0.717) is 5.56 Å². The molecule has 0 bridgehead atoms. The fourth-order valence-corrected chi connectivity index (χ4v) is 2.54. The first-order valence-electron chi connectivity index (χ1n) is 5.35.